The third-order valence-corrected chi connectivity index (χ3v) is 3.80. The van der Waals surface area contributed by atoms with Crippen molar-refractivity contribution in [2.75, 3.05) is 27.2 Å². The Morgan fingerprint density at radius 2 is 2.12 bits per heavy atom. The van der Waals surface area contributed by atoms with Crippen LogP contribution in [-0.4, -0.2) is 48.3 Å². The summed E-state index contributed by atoms with van der Waals surface area (Å²) in [6, 6.07) is 3.54. The Hall–Kier alpha value is -2.35. The lowest BCUT2D eigenvalue weighted by atomic mass is 10.2. The molecular weight excluding hydrogens is 322 g/mol. The average Bonchev–Trinajstić information content (AvgIpc) is 3.23. The van der Waals surface area contributed by atoms with Crippen molar-refractivity contribution in [3.8, 4) is 0 Å². The van der Waals surface area contributed by atoms with Crippen LogP contribution in [0.1, 0.15) is 49.7 Å². The maximum Gasteiger partial charge on any atom is 0.314 e. The van der Waals surface area contributed by atoms with Gasteiger partial charge < -0.3 is 19.6 Å². The van der Waals surface area contributed by atoms with Crippen LogP contribution in [0.2, 0.25) is 0 Å². The molecule has 2 amide bonds. The number of furan rings is 1. The average molecular weight is 349 g/mol. The predicted molar refractivity (Wildman–Crippen MR) is 93.2 cm³/mol. The lowest BCUT2D eigenvalue weighted by Gasteiger charge is -2.22. The van der Waals surface area contributed by atoms with Crippen molar-refractivity contribution in [3.63, 3.8) is 0 Å². The number of hydrogen-bond acceptors (Lipinski definition) is 6. The molecule has 0 saturated heterocycles. The van der Waals surface area contributed by atoms with Crippen molar-refractivity contribution in [2.45, 2.75) is 38.6 Å². The fraction of sp³-hybridized carbons (Fsp3) is 0.588. The van der Waals surface area contributed by atoms with Crippen LogP contribution < -0.4 is 10.6 Å². The number of likely N-dealkylation sites (N-methyl/N-ethyl adjacent to an activating group) is 1. The molecule has 2 N–H and O–H groups in total. The SMILES string of the molecule is CC(C)c1noc(CCCNC(=O)NCC(c2ccco2)N(C)C)n1. The van der Waals surface area contributed by atoms with Gasteiger partial charge in [-0.3, -0.25) is 4.90 Å². The third kappa shape index (κ3) is 5.90. The van der Waals surface area contributed by atoms with E-state index < -0.39 is 0 Å². The third-order valence-electron chi connectivity index (χ3n) is 3.80. The van der Waals surface area contributed by atoms with Gasteiger partial charge in [0.25, 0.3) is 0 Å². The van der Waals surface area contributed by atoms with E-state index in [0.717, 1.165) is 12.2 Å². The van der Waals surface area contributed by atoms with E-state index in [1.807, 2.05) is 45.0 Å². The highest BCUT2D eigenvalue weighted by molar-refractivity contribution is 5.73. The van der Waals surface area contributed by atoms with Gasteiger partial charge in [-0.25, -0.2) is 4.79 Å². The minimum Gasteiger partial charge on any atom is -0.468 e. The molecule has 25 heavy (non-hydrogen) atoms. The molecule has 0 fully saturated rings. The van der Waals surface area contributed by atoms with E-state index in [1.54, 1.807) is 6.26 Å². The van der Waals surface area contributed by atoms with Gasteiger partial charge in [0.15, 0.2) is 5.82 Å². The quantitative estimate of drug-likeness (QED) is 0.675. The van der Waals surface area contributed by atoms with Gasteiger partial charge in [0, 0.05) is 25.4 Å². The molecule has 138 valence electrons. The topological polar surface area (TPSA) is 96.4 Å². The number of nitrogens with one attached hydrogen (secondary N) is 2. The minimum absolute atomic E-state index is 0.00593. The monoisotopic (exact) mass is 349 g/mol. The van der Waals surface area contributed by atoms with E-state index in [1.165, 1.54) is 0 Å². The maximum atomic E-state index is 11.9. The Morgan fingerprint density at radius 3 is 2.72 bits per heavy atom. The van der Waals surface area contributed by atoms with E-state index in [4.69, 9.17) is 8.94 Å². The zero-order chi connectivity index (χ0) is 18.2. The second-order valence-electron chi connectivity index (χ2n) is 6.44. The second-order valence-corrected chi connectivity index (χ2v) is 6.44. The van der Waals surface area contributed by atoms with Crippen LogP contribution in [0.15, 0.2) is 27.3 Å². The first-order chi connectivity index (χ1) is 12.0. The Kier molecular flexibility index (Phi) is 7.00. The predicted octanol–water partition coefficient (Wildman–Crippen LogP) is 2.32. The summed E-state index contributed by atoms with van der Waals surface area (Å²) < 4.78 is 10.6. The molecule has 2 rings (SSSR count). The summed E-state index contributed by atoms with van der Waals surface area (Å²) in [5, 5.41) is 9.62. The van der Waals surface area contributed by atoms with Crippen LogP contribution in [0, 0.1) is 0 Å². The van der Waals surface area contributed by atoms with Crippen molar-refractivity contribution in [2.24, 2.45) is 0 Å². The van der Waals surface area contributed by atoms with Gasteiger partial charge in [0.1, 0.15) is 5.76 Å². The molecule has 1 atom stereocenters. The summed E-state index contributed by atoms with van der Waals surface area (Å²) in [7, 11) is 3.89. The standard InChI is InChI=1S/C17H27N5O3/c1-12(2)16-20-15(25-21-16)8-5-9-18-17(23)19-11-13(22(3)4)14-7-6-10-24-14/h6-7,10,12-13H,5,8-9,11H2,1-4H3,(H2,18,19,23). The van der Waals surface area contributed by atoms with Crippen molar-refractivity contribution in [1.82, 2.24) is 25.7 Å². The van der Waals surface area contributed by atoms with E-state index in [2.05, 4.69) is 20.8 Å². The Labute approximate surface area is 148 Å². The molecule has 0 aliphatic heterocycles. The first kappa shape index (κ1) is 19.0. The van der Waals surface area contributed by atoms with Crippen LogP contribution in [0.3, 0.4) is 0 Å². The molecule has 0 radical (unpaired) electrons. The number of nitrogens with zero attached hydrogens (tertiary/aromatic N) is 3. The Bertz CT molecular complexity index is 637. The summed E-state index contributed by atoms with van der Waals surface area (Å²) in [6.07, 6.45) is 3.02. The maximum absolute atomic E-state index is 11.9. The molecule has 2 heterocycles. The number of rotatable bonds is 9. The van der Waals surface area contributed by atoms with Crippen molar-refractivity contribution >= 4 is 6.03 Å². The summed E-state index contributed by atoms with van der Waals surface area (Å²) >= 11 is 0. The number of aromatic nitrogens is 2. The van der Waals surface area contributed by atoms with Gasteiger partial charge in [-0.1, -0.05) is 19.0 Å². The van der Waals surface area contributed by atoms with E-state index in [-0.39, 0.29) is 18.0 Å². The molecular formula is C17H27N5O3. The molecule has 2 aromatic rings. The molecule has 0 saturated carbocycles. The molecule has 0 aromatic carbocycles. The van der Waals surface area contributed by atoms with Gasteiger partial charge in [-0.15, -0.1) is 0 Å². The van der Waals surface area contributed by atoms with Crippen LogP contribution in [-0.2, 0) is 6.42 Å². The highest BCUT2D eigenvalue weighted by atomic mass is 16.5. The fourth-order valence-corrected chi connectivity index (χ4v) is 2.32. The van der Waals surface area contributed by atoms with Crippen molar-refractivity contribution in [1.29, 1.82) is 0 Å². The zero-order valence-corrected chi connectivity index (χ0v) is 15.3. The normalized spacial score (nSPS) is 12.6. The fourth-order valence-electron chi connectivity index (χ4n) is 2.32. The van der Waals surface area contributed by atoms with Gasteiger partial charge in [-0.2, -0.15) is 4.98 Å². The van der Waals surface area contributed by atoms with Crippen molar-refractivity contribution < 1.29 is 13.7 Å². The lowest BCUT2D eigenvalue weighted by Crippen LogP contribution is -2.40. The highest BCUT2D eigenvalue weighted by Crippen LogP contribution is 2.17. The summed E-state index contributed by atoms with van der Waals surface area (Å²) in [5.74, 6) is 2.40. The van der Waals surface area contributed by atoms with E-state index in [9.17, 15) is 4.79 Å². The molecule has 2 aromatic heterocycles. The first-order valence-electron chi connectivity index (χ1n) is 8.51. The van der Waals surface area contributed by atoms with Gasteiger partial charge >= 0.3 is 6.03 Å². The van der Waals surface area contributed by atoms with Gasteiger partial charge in [0.2, 0.25) is 5.89 Å². The summed E-state index contributed by atoms with van der Waals surface area (Å²) in [4.78, 5) is 18.2. The van der Waals surface area contributed by atoms with Crippen LogP contribution in [0.4, 0.5) is 4.79 Å². The minimum atomic E-state index is -0.202. The molecule has 1 unspecified atom stereocenters. The number of urea groups is 1. The zero-order valence-electron chi connectivity index (χ0n) is 15.3. The molecule has 0 aliphatic carbocycles. The number of hydrogen-bond donors (Lipinski definition) is 2. The number of carbonyl (C=O) groups is 1. The Morgan fingerprint density at radius 1 is 1.32 bits per heavy atom. The highest BCUT2D eigenvalue weighted by Gasteiger charge is 2.17. The molecule has 0 spiro atoms. The summed E-state index contributed by atoms with van der Waals surface area (Å²) in [5.41, 5.74) is 0. The van der Waals surface area contributed by atoms with Crippen LogP contribution in [0.25, 0.3) is 0 Å². The summed E-state index contributed by atoms with van der Waals surface area (Å²) in [6.45, 7) is 5.04. The van der Waals surface area contributed by atoms with Gasteiger partial charge in [0.05, 0.1) is 12.3 Å². The van der Waals surface area contributed by atoms with Crippen LogP contribution in [0.5, 0.6) is 0 Å². The largest absolute Gasteiger partial charge is 0.468 e. The van der Waals surface area contributed by atoms with Crippen LogP contribution >= 0.6 is 0 Å². The number of aryl methyl sites for hydroxylation is 1. The first-order valence-corrected chi connectivity index (χ1v) is 8.51. The molecule has 0 aliphatic rings. The smallest absolute Gasteiger partial charge is 0.314 e. The van der Waals surface area contributed by atoms with E-state index >= 15 is 0 Å². The van der Waals surface area contributed by atoms with Gasteiger partial charge in [-0.05, 0) is 32.6 Å². The molecule has 0 bridgehead atoms. The lowest BCUT2D eigenvalue weighted by molar-refractivity contribution is 0.225. The number of amides is 2. The molecule has 8 nitrogen and oxygen atoms in total. The number of carbonyl (C=O) groups excluding carboxylic acids is 1. The second kappa shape index (κ2) is 9.22. The molecule has 8 heteroatoms. The Balaban J connectivity index is 1.66. The van der Waals surface area contributed by atoms with Crippen molar-refractivity contribution in [3.05, 3.63) is 35.9 Å². The van der Waals surface area contributed by atoms with E-state index in [0.29, 0.717) is 31.2 Å².